The van der Waals surface area contributed by atoms with Gasteiger partial charge in [0.2, 0.25) is 0 Å². The Kier molecular flexibility index (Phi) is 4.78. The van der Waals surface area contributed by atoms with Crippen LogP contribution in [0.15, 0.2) is 11.6 Å². The molecule has 0 N–H and O–H groups in total. The van der Waals surface area contributed by atoms with Gasteiger partial charge in [-0.3, -0.25) is 9.80 Å². The van der Waals surface area contributed by atoms with Gasteiger partial charge in [-0.2, -0.15) is 0 Å². The summed E-state index contributed by atoms with van der Waals surface area (Å²) < 4.78 is 4.70. The molecule has 2 aliphatic rings. The highest BCUT2D eigenvalue weighted by Crippen LogP contribution is 2.20. The molecule has 0 saturated carbocycles. The van der Waals surface area contributed by atoms with Crippen LogP contribution in [0.2, 0.25) is 0 Å². The number of ether oxygens (including phenoxy) is 1. The van der Waals surface area contributed by atoms with Gasteiger partial charge in [-0.1, -0.05) is 6.08 Å². The molecule has 2 saturated heterocycles. The molecular formula is C14H24N2O2. The number of likely N-dealkylation sites (tertiary alicyclic amines) is 2. The van der Waals surface area contributed by atoms with Gasteiger partial charge in [0.05, 0.1) is 7.11 Å². The first-order chi connectivity index (χ1) is 8.70. The monoisotopic (exact) mass is 252 g/mol. The Hall–Kier alpha value is -0.870. The topological polar surface area (TPSA) is 32.8 Å². The minimum atomic E-state index is -0.217. The molecule has 0 aromatic rings. The summed E-state index contributed by atoms with van der Waals surface area (Å²) in [6, 6.07) is 0.735. The Morgan fingerprint density at radius 3 is 2.72 bits per heavy atom. The molecular weight excluding hydrogens is 228 g/mol. The quantitative estimate of drug-likeness (QED) is 0.557. The summed E-state index contributed by atoms with van der Waals surface area (Å²) in [5.41, 5.74) is 0.710. The maximum Gasteiger partial charge on any atom is 0.333 e. The molecule has 2 heterocycles. The first kappa shape index (κ1) is 13.6. The Balaban J connectivity index is 1.77. The number of esters is 1. The van der Waals surface area contributed by atoms with Crippen molar-refractivity contribution in [1.29, 1.82) is 0 Å². The van der Waals surface area contributed by atoms with Crippen molar-refractivity contribution >= 4 is 5.97 Å². The first-order valence-corrected chi connectivity index (χ1v) is 6.92. The minimum absolute atomic E-state index is 0.217. The Morgan fingerprint density at radius 2 is 2.06 bits per heavy atom. The maximum atomic E-state index is 11.3. The fraction of sp³-hybridized carbons (Fsp3) is 0.786. The normalized spacial score (nSPS) is 26.8. The van der Waals surface area contributed by atoms with E-state index in [9.17, 15) is 4.79 Å². The van der Waals surface area contributed by atoms with Gasteiger partial charge in [-0.05, 0) is 39.3 Å². The molecule has 0 spiro atoms. The molecule has 0 aromatic heterocycles. The van der Waals surface area contributed by atoms with Gasteiger partial charge in [0, 0.05) is 31.2 Å². The van der Waals surface area contributed by atoms with Crippen LogP contribution in [0.25, 0.3) is 0 Å². The summed E-state index contributed by atoms with van der Waals surface area (Å²) in [6.45, 7) is 7.52. The minimum Gasteiger partial charge on any atom is -0.466 e. The number of hydrogen-bond acceptors (Lipinski definition) is 4. The lowest BCUT2D eigenvalue weighted by Crippen LogP contribution is -2.35. The van der Waals surface area contributed by atoms with Crippen molar-refractivity contribution in [2.45, 2.75) is 32.2 Å². The third-order valence-electron chi connectivity index (χ3n) is 4.07. The molecule has 1 atom stereocenters. The van der Waals surface area contributed by atoms with E-state index in [4.69, 9.17) is 4.74 Å². The number of carbonyl (C=O) groups excluding carboxylic acids is 1. The van der Waals surface area contributed by atoms with E-state index < -0.39 is 0 Å². The van der Waals surface area contributed by atoms with Crippen LogP contribution in [0.1, 0.15) is 26.2 Å². The summed E-state index contributed by atoms with van der Waals surface area (Å²) >= 11 is 0. The summed E-state index contributed by atoms with van der Waals surface area (Å²) in [5.74, 6) is -0.217. The molecule has 18 heavy (non-hydrogen) atoms. The molecule has 0 aliphatic carbocycles. The highest BCUT2D eigenvalue weighted by atomic mass is 16.5. The average molecular weight is 252 g/mol. The fourth-order valence-corrected chi connectivity index (χ4v) is 2.89. The molecule has 2 rings (SSSR count). The van der Waals surface area contributed by atoms with E-state index in [1.807, 2.05) is 13.0 Å². The predicted molar refractivity (Wildman–Crippen MR) is 71.4 cm³/mol. The van der Waals surface area contributed by atoms with E-state index in [2.05, 4.69) is 9.80 Å². The molecule has 102 valence electrons. The van der Waals surface area contributed by atoms with Crippen LogP contribution in [0.4, 0.5) is 0 Å². The van der Waals surface area contributed by atoms with Crippen LogP contribution in [0.5, 0.6) is 0 Å². The summed E-state index contributed by atoms with van der Waals surface area (Å²) in [7, 11) is 1.43. The van der Waals surface area contributed by atoms with Crippen molar-refractivity contribution in [1.82, 2.24) is 9.80 Å². The van der Waals surface area contributed by atoms with E-state index >= 15 is 0 Å². The molecule has 4 nitrogen and oxygen atoms in total. The zero-order valence-electron chi connectivity index (χ0n) is 11.5. The second-order valence-corrected chi connectivity index (χ2v) is 5.32. The van der Waals surface area contributed by atoms with Gasteiger partial charge in [-0.15, -0.1) is 0 Å². The number of rotatable bonds is 4. The van der Waals surface area contributed by atoms with Gasteiger partial charge >= 0.3 is 5.97 Å². The smallest absolute Gasteiger partial charge is 0.333 e. The Bertz CT molecular complexity index is 322. The molecule has 0 aromatic carbocycles. The number of nitrogens with zero attached hydrogens (tertiary/aromatic N) is 2. The lowest BCUT2D eigenvalue weighted by atomic mass is 10.2. The van der Waals surface area contributed by atoms with Gasteiger partial charge in [-0.25, -0.2) is 4.79 Å². The van der Waals surface area contributed by atoms with Crippen LogP contribution in [-0.4, -0.2) is 61.6 Å². The fourth-order valence-electron chi connectivity index (χ4n) is 2.89. The van der Waals surface area contributed by atoms with E-state index in [0.717, 1.165) is 25.7 Å². The lowest BCUT2D eigenvalue weighted by Gasteiger charge is -2.23. The molecule has 2 aliphatic heterocycles. The molecule has 4 heteroatoms. The van der Waals surface area contributed by atoms with Crippen LogP contribution >= 0.6 is 0 Å². The maximum absolute atomic E-state index is 11.3. The zero-order chi connectivity index (χ0) is 13.0. The number of hydrogen-bond donors (Lipinski definition) is 0. The van der Waals surface area contributed by atoms with Crippen LogP contribution in [0.3, 0.4) is 0 Å². The van der Waals surface area contributed by atoms with Crippen molar-refractivity contribution in [3.8, 4) is 0 Å². The third kappa shape index (κ3) is 3.33. The summed E-state index contributed by atoms with van der Waals surface area (Å²) in [6.07, 6.45) is 5.97. The second kappa shape index (κ2) is 6.34. The molecule has 0 amide bonds. The van der Waals surface area contributed by atoms with Gasteiger partial charge in [0.15, 0.2) is 0 Å². The number of carbonyl (C=O) groups is 1. The van der Waals surface area contributed by atoms with Crippen LogP contribution < -0.4 is 0 Å². The molecule has 2 fully saturated rings. The highest BCUT2D eigenvalue weighted by molar-refractivity contribution is 5.87. The molecule has 1 unspecified atom stereocenters. The van der Waals surface area contributed by atoms with Gasteiger partial charge in [0.25, 0.3) is 0 Å². The average Bonchev–Trinajstić information content (AvgIpc) is 3.04. The van der Waals surface area contributed by atoms with Crippen molar-refractivity contribution in [2.75, 3.05) is 39.8 Å². The largest absolute Gasteiger partial charge is 0.466 e. The zero-order valence-corrected chi connectivity index (χ0v) is 11.5. The van der Waals surface area contributed by atoms with E-state index in [-0.39, 0.29) is 5.97 Å². The van der Waals surface area contributed by atoms with E-state index in [1.165, 1.54) is 39.5 Å². The Labute approximate surface area is 110 Å². The van der Waals surface area contributed by atoms with Crippen LogP contribution in [-0.2, 0) is 9.53 Å². The van der Waals surface area contributed by atoms with E-state index in [1.54, 1.807) is 0 Å². The molecule has 0 radical (unpaired) electrons. The van der Waals surface area contributed by atoms with E-state index in [0.29, 0.717) is 5.57 Å². The van der Waals surface area contributed by atoms with Gasteiger partial charge in [0.1, 0.15) is 0 Å². The van der Waals surface area contributed by atoms with Crippen molar-refractivity contribution in [2.24, 2.45) is 0 Å². The van der Waals surface area contributed by atoms with Crippen molar-refractivity contribution in [3.63, 3.8) is 0 Å². The second-order valence-electron chi connectivity index (χ2n) is 5.32. The Morgan fingerprint density at radius 1 is 1.33 bits per heavy atom. The van der Waals surface area contributed by atoms with Crippen molar-refractivity contribution < 1.29 is 9.53 Å². The SMILES string of the molecule is COC(=O)C(C)=CCN1CCC(N2CCCC2)C1. The summed E-state index contributed by atoms with van der Waals surface area (Å²) in [4.78, 5) is 16.3. The van der Waals surface area contributed by atoms with Crippen LogP contribution in [0, 0.1) is 0 Å². The standard InChI is InChI=1S/C14H24N2O2/c1-12(14(17)18-2)5-9-15-10-6-13(11-15)16-7-3-4-8-16/h5,13H,3-4,6-11H2,1-2H3. The number of methoxy groups -OCH3 is 1. The lowest BCUT2D eigenvalue weighted by molar-refractivity contribution is -0.136. The summed E-state index contributed by atoms with van der Waals surface area (Å²) in [5, 5.41) is 0. The first-order valence-electron chi connectivity index (χ1n) is 6.92. The highest BCUT2D eigenvalue weighted by Gasteiger charge is 2.28. The van der Waals surface area contributed by atoms with Crippen molar-refractivity contribution in [3.05, 3.63) is 11.6 Å². The molecule has 0 bridgehead atoms. The predicted octanol–water partition coefficient (Wildman–Crippen LogP) is 1.28. The van der Waals surface area contributed by atoms with Gasteiger partial charge < -0.3 is 4.74 Å². The third-order valence-corrected chi connectivity index (χ3v) is 4.07.